The van der Waals surface area contributed by atoms with Crippen LogP contribution in [-0.2, 0) is 19.2 Å². The number of hydroxylamine groups is 2. The second kappa shape index (κ2) is 7.04. The van der Waals surface area contributed by atoms with Crippen LogP contribution in [0.25, 0.3) is 0 Å². The lowest BCUT2D eigenvalue weighted by atomic mass is 10.1. The number of aliphatic hydroxyl groups excluding tert-OH is 1. The van der Waals surface area contributed by atoms with E-state index >= 15 is 0 Å². The smallest absolute Gasteiger partial charge is 0.361 e. The minimum Gasteiger partial charge on any atom is -0.381 e. The predicted octanol–water partition coefficient (Wildman–Crippen LogP) is 0.0309. The number of carbonyl (C=O) groups excluding carboxylic acids is 5. The lowest BCUT2D eigenvalue weighted by Gasteiger charge is -2.17. The molecule has 2 aliphatic heterocycles. The molecule has 1 atom stereocenters. The number of hydrogen-bond donors (Lipinski definition) is 1. The van der Waals surface area contributed by atoms with Crippen molar-refractivity contribution in [2.45, 2.75) is 31.8 Å². The Morgan fingerprint density at radius 1 is 1.04 bits per heavy atom. The first-order valence-electron chi connectivity index (χ1n) is 8.11. The summed E-state index contributed by atoms with van der Waals surface area (Å²) in [6.45, 7) is 0.0261. The van der Waals surface area contributed by atoms with Gasteiger partial charge in [-0.15, -0.1) is 5.06 Å². The van der Waals surface area contributed by atoms with Gasteiger partial charge in [-0.3, -0.25) is 24.1 Å². The number of aliphatic hydroxyl groups is 1. The summed E-state index contributed by atoms with van der Waals surface area (Å²) in [6.07, 6.45) is -1.60. The summed E-state index contributed by atoms with van der Waals surface area (Å²) in [5.74, 6) is -3.24. The molecule has 1 N–H and O–H groups in total. The van der Waals surface area contributed by atoms with Gasteiger partial charge in [-0.2, -0.15) is 0 Å². The summed E-state index contributed by atoms with van der Waals surface area (Å²) in [4.78, 5) is 64.5. The Labute approximate surface area is 148 Å². The van der Waals surface area contributed by atoms with Gasteiger partial charge in [0.15, 0.2) is 6.10 Å². The topological polar surface area (TPSA) is 121 Å². The van der Waals surface area contributed by atoms with Gasteiger partial charge >= 0.3 is 5.97 Å². The lowest BCUT2D eigenvalue weighted by molar-refractivity contribution is -0.203. The monoisotopic (exact) mass is 360 g/mol. The molecule has 136 valence electrons. The molecule has 0 radical (unpaired) electrons. The number of carbonyl (C=O) groups is 5. The maximum absolute atomic E-state index is 12.2. The first kappa shape index (κ1) is 17.7. The fourth-order valence-electron chi connectivity index (χ4n) is 2.81. The highest BCUT2D eigenvalue weighted by Gasteiger charge is 2.36. The Balaban J connectivity index is 1.50. The van der Waals surface area contributed by atoms with Gasteiger partial charge in [-0.05, 0) is 25.0 Å². The summed E-state index contributed by atoms with van der Waals surface area (Å²) in [6, 6.07) is 6.44. The Morgan fingerprint density at radius 3 is 2.12 bits per heavy atom. The van der Waals surface area contributed by atoms with Gasteiger partial charge in [-0.25, -0.2) is 4.79 Å². The van der Waals surface area contributed by atoms with Crippen LogP contribution in [-0.4, -0.2) is 57.3 Å². The summed E-state index contributed by atoms with van der Waals surface area (Å²) in [5.41, 5.74) is 0.645. The number of fused-ring (bicyclic) bond motifs is 1. The lowest BCUT2D eigenvalue weighted by Crippen LogP contribution is -2.37. The highest BCUT2D eigenvalue weighted by Crippen LogP contribution is 2.23. The van der Waals surface area contributed by atoms with E-state index in [9.17, 15) is 29.1 Å². The molecule has 0 spiro atoms. The molecule has 1 fully saturated rings. The summed E-state index contributed by atoms with van der Waals surface area (Å²) in [7, 11) is 0. The highest BCUT2D eigenvalue weighted by molar-refractivity contribution is 6.21. The van der Waals surface area contributed by atoms with Crippen molar-refractivity contribution >= 4 is 29.6 Å². The van der Waals surface area contributed by atoms with Crippen LogP contribution in [0.3, 0.4) is 0 Å². The first-order chi connectivity index (χ1) is 12.4. The molecule has 2 aliphatic rings. The van der Waals surface area contributed by atoms with Crippen molar-refractivity contribution < 1.29 is 33.9 Å². The van der Waals surface area contributed by atoms with Crippen molar-refractivity contribution in [1.82, 2.24) is 9.96 Å². The molecule has 3 rings (SSSR count). The number of rotatable bonds is 6. The molecule has 1 saturated heterocycles. The van der Waals surface area contributed by atoms with E-state index in [1.54, 1.807) is 24.3 Å². The van der Waals surface area contributed by atoms with Gasteiger partial charge < -0.3 is 9.94 Å². The van der Waals surface area contributed by atoms with Crippen LogP contribution in [0.4, 0.5) is 0 Å². The quantitative estimate of drug-likeness (QED) is 0.710. The largest absolute Gasteiger partial charge is 0.381 e. The SMILES string of the molecule is O=C(ON1C(=O)CCC1=O)[C@@H](O)CCCN1C(=O)c2ccccc2C1=O. The number of nitrogens with zero attached hydrogens (tertiary/aromatic N) is 2. The molecule has 0 bridgehead atoms. The van der Waals surface area contributed by atoms with E-state index in [0.717, 1.165) is 4.90 Å². The average molecular weight is 360 g/mol. The van der Waals surface area contributed by atoms with E-state index in [2.05, 4.69) is 4.84 Å². The van der Waals surface area contributed by atoms with Gasteiger partial charge in [0.05, 0.1) is 11.1 Å². The van der Waals surface area contributed by atoms with E-state index in [1.165, 1.54) is 0 Å². The third kappa shape index (κ3) is 3.21. The second-order valence-corrected chi connectivity index (χ2v) is 5.96. The van der Waals surface area contributed by atoms with Crippen LogP contribution in [0.15, 0.2) is 24.3 Å². The maximum Gasteiger partial charge on any atom is 0.361 e. The van der Waals surface area contributed by atoms with Crippen molar-refractivity contribution in [3.05, 3.63) is 35.4 Å². The molecule has 0 unspecified atom stereocenters. The third-order valence-electron chi connectivity index (χ3n) is 4.20. The van der Waals surface area contributed by atoms with Gasteiger partial charge in [0.2, 0.25) is 0 Å². The van der Waals surface area contributed by atoms with Crippen LogP contribution in [0, 0.1) is 0 Å². The summed E-state index contributed by atoms with van der Waals surface area (Å²) >= 11 is 0. The minimum atomic E-state index is -1.58. The molecule has 26 heavy (non-hydrogen) atoms. The van der Waals surface area contributed by atoms with Crippen molar-refractivity contribution in [3.63, 3.8) is 0 Å². The Kier molecular flexibility index (Phi) is 4.81. The second-order valence-electron chi connectivity index (χ2n) is 5.96. The third-order valence-corrected chi connectivity index (χ3v) is 4.20. The van der Waals surface area contributed by atoms with Crippen molar-refractivity contribution in [2.75, 3.05) is 6.54 Å². The first-order valence-corrected chi connectivity index (χ1v) is 8.11. The molecule has 0 saturated carbocycles. The van der Waals surface area contributed by atoms with Gasteiger partial charge in [0.1, 0.15) is 0 Å². The zero-order valence-corrected chi connectivity index (χ0v) is 13.7. The fourth-order valence-corrected chi connectivity index (χ4v) is 2.81. The molecule has 4 amide bonds. The normalized spacial score (nSPS) is 17.7. The van der Waals surface area contributed by atoms with Crippen LogP contribution in [0.5, 0.6) is 0 Å². The van der Waals surface area contributed by atoms with Crippen molar-refractivity contribution in [2.24, 2.45) is 0 Å². The number of imide groups is 2. The molecule has 9 heteroatoms. The maximum atomic E-state index is 12.2. The van der Waals surface area contributed by atoms with E-state index in [-0.39, 0.29) is 32.2 Å². The van der Waals surface area contributed by atoms with E-state index in [1.807, 2.05) is 0 Å². The number of hydrogen-bond acceptors (Lipinski definition) is 7. The molecular weight excluding hydrogens is 344 g/mol. The fraction of sp³-hybridized carbons (Fsp3) is 0.353. The van der Waals surface area contributed by atoms with Crippen molar-refractivity contribution in [3.8, 4) is 0 Å². The van der Waals surface area contributed by atoms with Crippen LogP contribution < -0.4 is 0 Å². The molecule has 1 aromatic carbocycles. The minimum absolute atomic E-state index is 0.0261. The highest BCUT2D eigenvalue weighted by atomic mass is 16.7. The summed E-state index contributed by atoms with van der Waals surface area (Å²) in [5, 5.41) is 10.2. The number of amides is 4. The zero-order valence-electron chi connectivity index (χ0n) is 13.7. The van der Waals surface area contributed by atoms with Gasteiger partial charge in [-0.1, -0.05) is 12.1 Å². The van der Waals surface area contributed by atoms with Gasteiger partial charge in [0.25, 0.3) is 23.6 Å². The zero-order chi connectivity index (χ0) is 18.8. The van der Waals surface area contributed by atoms with Crippen LogP contribution in [0.1, 0.15) is 46.4 Å². The molecule has 1 aromatic rings. The van der Waals surface area contributed by atoms with Crippen LogP contribution >= 0.6 is 0 Å². The van der Waals surface area contributed by atoms with Crippen molar-refractivity contribution in [1.29, 1.82) is 0 Å². The number of benzene rings is 1. The average Bonchev–Trinajstić information content (AvgIpc) is 3.07. The van der Waals surface area contributed by atoms with Gasteiger partial charge in [0, 0.05) is 19.4 Å². The Bertz CT molecular complexity index is 753. The molecule has 0 aliphatic carbocycles. The summed E-state index contributed by atoms with van der Waals surface area (Å²) < 4.78 is 0. The molecule has 2 heterocycles. The standard InChI is InChI=1S/C17H16N2O7/c20-12(17(25)26-19-13(21)7-8-14(19)22)6-3-9-18-15(23)10-4-1-2-5-11(10)16(18)24/h1-2,4-5,12,20H,3,6-9H2/t12-/m0/s1. The Morgan fingerprint density at radius 2 is 1.58 bits per heavy atom. The molecule has 9 nitrogen and oxygen atoms in total. The molecule has 0 aromatic heterocycles. The molecular formula is C17H16N2O7. The predicted molar refractivity (Wildman–Crippen MR) is 84.2 cm³/mol. The van der Waals surface area contributed by atoms with E-state index < -0.39 is 35.7 Å². The van der Waals surface area contributed by atoms with E-state index in [0.29, 0.717) is 16.2 Å². The van der Waals surface area contributed by atoms with Crippen LogP contribution in [0.2, 0.25) is 0 Å². The Hall–Kier alpha value is -3.07. The van der Waals surface area contributed by atoms with E-state index in [4.69, 9.17) is 0 Å².